The fraction of sp³-hybridized carbons (Fsp3) is 0.400. The lowest BCUT2D eigenvalue weighted by Gasteiger charge is -2.19. The topological polar surface area (TPSA) is 28.7 Å². The van der Waals surface area contributed by atoms with Gasteiger partial charge in [0, 0.05) is 18.0 Å². The number of hydrogen-bond donors (Lipinski definition) is 1. The molecule has 2 aromatic rings. The highest BCUT2D eigenvalue weighted by Gasteiger charge is 2.16. The Hall–Kier alpha value is -1.57. The van der Waals surface area contributed by atoms with E-state index in [-0.39, 0.29) is 0 Å². The molecule has 2 heteroatoms. The summed E-state index contributed by atoms with van der Waals surface area (Å²) < 4.78 is 0. The monoisotopic (exact) mass is 228 g/mol. The first-order valence-electron chi connectivity index (χ1n) is 6.23. The van der Waals surface area contributed by atoms with Crippen molar-refractivity contribution in [2.75, 3.05) is 0 Å². The number of H-pyrrole nitrogens is 1. The second kappa shape index (κ2) is 4.74. The molecule has 2 nitrogen and oxygen atoms in total. The van der Waals surface area contributed by atoms with Gasteiger partial charge >= 0.3 is 0 Å². The van der Waals surface area contributed by atoms with E-state index >= 15 is 0 Å². The van der Waals surface area contributed by atoms with Gasteiger partial charge < -0.3 is 4.98 Å². The summed E-state index contributed by atoms with van der Waals surface area (Å²) in [5.41, 5.74) is 4.07. The largest absolute Gasteiger partial charge is 0.345 e. The Balaban J connectivity index is 2.63. The van der Waals surface area contributed by atoms with Gasteiger partial charge in [0.1, 0.15) is 5.82 Å². The molecule has 0 amide bonds. The number of imidazole rings is 1. The van der Waals surface area contributed by atoms with Crippen LogP contribution in [0.3, 0.4) is 0 Å². The van der Waals surface area contributed by atoms with Gasteiger partial charge in [-0.05, 0) is 23.0 Å². The lowest BCUT2D eigenvalue weighted by molar-refractivity contribution is 0.791. The number of benzene rings is 1. The second-order valence-electron chi connectivity index (χ2n) is 5.06. The first-order valence-corrected chi connectivity index (χ1v) is 6.23. The molecule has 1 N–H and O–H groups in total. The van der Waals surface area contributed by atoms with Gasteiger partial charge in [0.2, 0.25) is 0 Å². The van der Waals surface area contributed by atoms with Crippen molar-refractivity contribution in [1.82, 2.24) is 9.97 Å². The van der Waals surface area contributed by atoms with Crippen LogP contribution in [-0.2, 0) is 0 Å². The first-order chi connectivity index (χ1) is 8.11. The van der Waals surface area contributed by atoms with Gasteiger partial charge in [0.25, 0.3) is 0 Å². The number of hydrogen-bond acceptors (Lipinski definition) is 1. The van der Waals surface area contributed by atoms with Gasteiger partial charge in [-0.1, -0.05) is 45.9 Å². The molecule has 0 aliphatic rings. The molecular weight excluding hydrogens is 208 g/mol. The summed E-state index contributed by atoms with van der Waals surface area (Å²) in [5, 5.41) is 0. The molecule has 0 saturated heterocycles. The van der Waals surface area contributed by atoms with E-state index in [4.69, 9.17) is 0 Å². The highest BCUT2D eigenvalue weighted by Crippen LogP contribution is 2.33. The van der Waals surface area contributed by atoms with Crippen LogP contribution in [-0.4, -0.2) is 9.97 Å². The molecule has 0 bridgehead atoms. The van der Waals surface area contributed by atoms with E-state index in [1.165, 1.54) is 16.7 Å². The lowest BCUT2D eigenvalue weighted by Crippen LogP contribution is -2.02. The molecule has 1 aromatic heterocycles. The third-order valence-corrected chi connectivity index (χ3v) is 3.09. The quantitative estimate of drug-likeness (QED) is 0.832. The number of aromatic amines is 1. The molecule has 2 rings (SSSR count). The van der Waals surface area contributed by atoms with Crippen LogP contribution in [0.15, 0.2) is 30.6 Å². The summed E-state index contributed by atoms with van der Waals surface area (Å²) in [6, 6.07) is 6.51. The number of nitrogens with one attached hydrogen (secondary N) is 1. The molecule has 90 valence electrons. The average Bonchev–Trinajstić information content (AvgIpc) is 2.81. The average molecular weight is 228 g/mol. The number of nitrogens with zero attached hydrogens (tertiary/aromatic N) is 1. The molecule has 0 radical (unpaired) electrons. The zero-order chi connectivity index (χ0) is 12.4. The van der Waals surface area contributed by atoms with Crippen LogP contribution in [0.25, 0.3) is 11.4 Å². The highest BCUT2D eigenvalue weighted by molar-refractivity contribution is 5.63. The van der Waals surface area contributed by atoms with Crippen molar-refractivity contribution in [1.29, 1.82) is 0 Å². The minimum Gasteiger partial charge on any atom is -0.345 e. The summed E-state index contributed by atoms with van der Waals surface area (Å²) in [7, 11) is 0. The van der Waals surface area contributed by atoms with E-state index < -0.39 is 0 Å². The Morgan fingerprint density at radius 1 is 1.06 bits per heavy atom. The van der Waals surface area contributed by atoms with Crippen molar-refractivity contribution in [2.24, 2.45) is 0 Å². The van der Waals surface area contributed by atoms with Crippen LogP contribution in [0.5, 0.6) is 0 Å². The van der Waals surface area contributed by atoms with E-state index in [2.05, 4.69) is 55.9 Å². The first kappa shape index (κ1) is 11.9. The fourth-order valence-electron chi connectivity index (χ4n) is 2.35. The Labute approximate surface area is 103 Å². The summed E-state index contributed by atoms with van der Waals surface area (Å²) in [6.45, 7) is 8.97. The van der Waals surface area contributed by atoms with Crippen LogP contribution in [0.1, 0.15) is 50.7 Å². The molecular formula is C15H20N2. The number of rotatable bonds is 3. The number of aromatic nitrogens is 2. The highest BCUT2D eigenvalue weighted by atomic mass is 14.9. The SMILES string of the molecule is CC(C)c1cccc(-c2ncc[nH]2)c1C(C)C. The van der Waals surface area contributed by atoms with E-state index in [9.17, 15) is 0 Å². The van der Waals surface area contributed by atoms with Crippen molar-refractivity contribution >= 4 is 0 Å². The Kier molecular flexibility index (Phi) is 3.32. The summed E-state index contributed by atoms with van der Waals surface area (Å²) in [6.07, 6.45) is 3.68. The van der Waals surface area contributed by atoms with Crippen molar-refractivity contribution < 1.29 is 0 Å². The maximum Gasteiger partial charge on any atom is 0.137 e. The molecule has 0 unspecified atom stereocenters. The Morgan fingerprint density at radius 2 is 1.82 bits per heavy atom. The second-order valence-corrected chi connectivity index (χ2v) is 5.06. The molecule has 0 aliphatic heterocycles. The molecule has 0 atom stereocenters. The standard InChI is InChI=1S/C15H20N2/c1-10(2)12-6-5-7-13(14(12)11(3)4)15-16-8-9-17-15/h5-11H,1-4H3,(H,16,17). The van der Waals surface area contributed by atoms with Crippen LogP contribution in [0, 0.1) is 0 Å². The molecule has 0 fully saturated rings. The third kappa shape index (κ3) is 2.26. The minimum absolute atomic E-state index is 0.508. The summed E-state index contributed by atoms with van der Waals surface area (Å²) in [5.74, 6) is 2.02. The van der Waals surface area contributed by atoms with Crippen LogP contribution in [0.4, 0.5) is 0 Å². The Bertz CT molecular complexity index is 482. The van der Waals surface area contributed by atoms with Crippen LogP contribution in [0.2, 0.25) is 0 Å². The van der Waals surface area contributed by atoms with E-state index in [0.717, 1.165) is 5.82 Å². The normalized spacial score (nSPS) is 11.4. The molecule has 17 heavy (non-hydrogen) atoms. The van der Waals surface area contributed by atoms with Gasteiger partial charge in [0.05, 0.1) is 0 Å². The van der Waals surface area contributed by atoms with Gasteiger partial charge in [-0.2, -0.15) is 0 Å². The van der Waals surface area contributed by atoms with Crippen molar-refractivity contribution in [2.45, 2.75) is 39.5 Å². The van der Waals surface area contributed by atoms with Crippen molar-refractivity contribution in [3.8, 4) is 11.4 Å². The maximum absolute atomic E-state index is 4.37. The zero-order valence-corrected chi connectivity index (χ0v) is 11.0. The van der Waals surface area contributed by atoms with Gasteiger partial charge in [-0.3, -0.25) is 0 Å². The van der Waals surface area contributed by atoms with Crippen molar-refractivity contribution in [3.05, 3.63) is 41.7 Å². The van der Waals surface area contributed by atoms with Crippen LogP contribution >= 0.6 is 0 Å². The summed E-state index contributed by atoms with van der Waals surface area (Å²) >= 11 is 0. The predicted molar refractivity (Wildman–Crippen MR) is 72.2 cm³/mol. The third-order valence-electron chi connectivity index (χ3n) is 3.09. The van der Waals surface area contributed by atoms with Crippen LogP contribution < -0.4 is 0 Å². The van der Waals surface area contributed by atoms with E-state index in [1.54, 1.807) is 0 Å². The van der Waals surface area contributed by atoms with E-state index in [1.807, 2.05) is 12.4 Å². The van der Waals surface area contributed by atoms with E-state index in [0.29, 0.717) is 11.8 Å². The maximum atomic E-state index is 4.37. The van der Waals surface area contributed by atoms with Gasteiger partial charge in [0.15, 0.2) is 0 Å². The van der Waals surface area contributed by atoms with Gasteiger partial charge in [-0.15, -0.1) is 0 Å². The molecule has 0 aliphatic carbocycles. The molecule has 0 spiro atoms. The predicted octanol–water partition coefficient (Wildman–Crippen LogP) is 4.32. The molecule has 1 aromatic carbocycles. The lowest BCUT2D eigenvalue weighted by atomic mass is 9.87. The summed E-state index contributed by atoms with van der Waals surface area (Å²) in [4.78, 5) is 7.58. The zero-order valence-electron chi connectivity index (χ0n) is 11.0. The van der Waals surface area contributed by atoms with Crippen molar-refractivity contribution in [3.63, 3.8) is 0 Å². The molecule has 0 saturated carbocycles. The van der Waals surface area contributed by atoms with Gasteiger partial charge in [-0.25, -0.2) is 4.98 Å². The fourth-order valence-corrected chi connectivity index (χ4v) is 2.35. The minimum atomic E-state index is 0.508. The smallest absolute Gasteiger partial charge is 0.137 e. The Morgan fingerprint density at radius 3 is 2.35 bits per heavy atom. The molecule has 1 heterocycles.